The minimum absolute atomic E-state index is 0.0348. The summed E-state index contributed by atoms with van der Waals surface area (Å²) in [6.07, 6.45) is -1.21. The number of carbonyl (C=O) groups excluding carboxylic acids is 4. The van der Waals surface area contributed by atoms with Gasteiger partial charge in [0.25, 0.3) is 0 Å². The highest BCUT2D eigenvalue weighted by Crippen LogP contribution is 2.36. The Morgan fingerprint density at radius 1 is 0.905 bits per heavy atom. The fraction of sp³-hybridized carbons (Fsp3) is 0.867. The van der Waals surface area contributed by atoms with Gasteiger partial charge in [0.1, 0.15) is 12.3 Å². The van der Waals surface area contributed by atoms with E-state index >= 15 is 0 Å². The highest BCUT2D eigenvalue weighted by atomic mass is 19.1. The average molecular weight is 602 g/mol. The van der Waals surface area contributed by atoms with Crippen molar-refractivity contribution in [3.8, 4) is 0 Å². The summed E-state index contributed by atoms with van der Waals surface area (Å²) >= 11 is 0. The van der Waals surface area contributed by atoms with Crippen LogP contribution in [0.4, 0.5) is 8.78 Å². The standard InChI is InChI=1S/C30H53F2N5O5/c1-6-8-37(9-7-2)30(42)22-14-20(27(33)39)13-21(15-22)29(41)34-25(12-19-10-23(31)16-24(32)11-19)26(38)17-36(5)35-28(40)18(3)4/h18-26,38H,6-17H2,1-5H3,(H2,33,39)(H,34,41)(H,35,40). The second-order valence-electron chi connectivity index (χ2n) is 12.7. The van der Waals surface area contributed by atoms with Crippen molar-refractivity contribution >= 4 is 23.6 Å². The number of nitrogens with one attached hydrogen (secondary N) is 2. The molecule has 7 atom stereocenters. The second-order valence-corrected chi connectivity index (χ2v) is 12.7. The molecule has 4 amide bonds. The fourth-order valence-corrected chi connectivity index (χ4v) is 6.32. The molecule has 0 spiro atoms. The first-order valence-electron chi connectivity index (χ1n) is 15.6. The van der Waals surface area contributed by atoms with Crippen molar-refractivity contribution in [3.05, 3.63) is 0 Å². The number of alkyl halides is 2. The van der Waals surface area contributed by atoms with E-state index in [2.05, 4.69) is 10.7 Å². The van der Waals surface area contributed by atoms with Crippen molar-refractivity contribution in [2.24, 2.45) is 35.3 Å². The molecule has 242 valence electrons. The number of hydrogen-bond acceptors (Lipinski definition) is 6. The Morgan fingerprint density at radius 3 is 1.98 bits per heavy atom. The Kier molecular flexibility index (Phi) is 14.6. The summed E-state index contributed by atoms with van der Waals surface area (Å²) in [4.78, 5) is 53.2. The molecule has 2 aliphatic rings. The number of nitrogens with zero attached hydrogens (tertiary/aromatic N) is 2. The summed E-state index contributed by atoms with van der Waals surface area (Å²) < 4.78 is 28.4. The maximum atomic E-state index is 14.2. The zero-order valence-corrected chi connectivity index (χ0v) is 26.0. The lowest BCUT2D eigenvalue weighted by atomic mass is 9.73. The molecular weight excluding hydrogens is 548 g/mol. The van der Waals surface area contributed by atoms with E-state index in [0.29, 0.717) is 13.1 Å². The molecule has 2 rings (SSSR count). The second kappa shape index (κ2) is 17.1. The van der Waals surface area contributed by atoms with E-state index in [1.54, 1.807) is 25.8 Å². The van der Waals surface area contributed by atoms with Gasteiger partial charge in [-0.05, 0) is 57.3 Å². The van der Waals surface area contributed by atoms with Crippen LogP contribution in [0, 0.1) is 29.6 Å². The molecular formula is C30H53F2N5O5. The third-order valence-corrected chi connectivity index (χ3v) is 8.48. The largest absolute Gasteiger partial charge is 0.390 e. The number of likely N-dealkylation sites (N-methyl/N-ethyl adjacent to an activating group) is 1. The van der Waals surface area contributed by atoms with Crippen molar-refractivity contribution in [2.75, 3.05) is 26.7 Å². The normalized spacial score (nSPS) is 27.8. The van der Waals surface area contributed by atoms with E-state index in [4.69, 9.17) is 5.73 Å². The summed E-state index contributed by atoms with van der Waals surface area (Å²) in [6.45, 7) is 8.58. The van der Waals surface area contributed by atoms with E-state index < -0.39 is 60.0 Å². The summed E-state index contributed by atoms with van der Waals surface area (Å²) in [5.41, 5.74) is 8.33. The van der Waals surface area contributed by atoms with E-state index in [0.717, 1.165) is 12.8 Å². The molecule has 10 nitrogen and oxygen atoms in total. The minimum Gasteiger partial charge on any atom is -0.390 e. The van der Waals surface area contributed by atoms with Crippen LogP contribution in [0.3, 0.4) is 0 Å². The summed E-state index contributed by atoms with van der Waals surface area (Å²) in [7, 11) is 1.59. The maximum Gasteiger partial charge on any atom is 0.236 e. The van der Waals surface area contributed by atoms with Crippen LogP contribution in [-0.4, -0.2) is 89.8 Å². The Hall–Kier alpha value is -2.34. The Balaban J connectivity index is 2.22. The zero-order valence-electron chi connectivity index (χ0n) is 26.0. The minimum atomic E-state index is -1.30. The Morgan fingerprint density at radius 2 is 1.45 bits per heavy atom. The van der Waals surface area contributed by atoms with Crippen molar-refractivity contribution in [1.82, 2.24) is 20.7 Å². The van der Waals surface area contributed by atoms with Gasteiger partial charge in [-0.1, -0.05) is 27.7 Å². The van der Waals surface area contributed by atoms with Crippen molar-refractivity contribution < 1.29 is 33.1 Å². The van der Waals surface area contributed by atoms with Gasteiger partial charge in [-0.25, -0.2) is 13.8 Å². The molecule has 0 bridgehead atoms. The average Bonchev–Trinajstić information content (AvgIpc) is 2.91. The number of nitrogens with two attached hydrogens (primary N) is 1. The van der Waals surface area contributed by atoms with Gasteiger partial charge in [-0.2, -0.15) is 0 Å². The molecule has 12 heteroatoms. The van der Waals surface area contributed by atoms with Crippen LogP contribution in [0.15, 0.2) is 0 Å². The van der Waals surface area contributed by atoms with Gasteiger partial charge in [-0.15, -0.1) is 0 Å². The van der Waals surface area contributed by atoms with Gasteiger partial charge in [0.15, 0.2) is 0 Å². The van der Waals surface area contributed by atoms with Crippen LogP contribution in [0.1, 0.15) is 85.5 Å². The molecule has 5 N–H and O–H groups in total. The van der Waals surface area contributed by atoms with Gasteiger partial charge in [0.05, 0.1) is 12.1 Å². The molecule has 0 aromatic rings. The van der Waals surface area contributed by atoms with Crippen molar-refractivity contribution in [2.45, 2.75) is 110 Å². The van der Waals surface area contributed by atoms with Crippen LogP contribution in [0.2, 0.25) is 0 Å². The summed E-state index contributed by atoms with van der Waals surface area (Å²) in [5.74, 6) is -3.88. The van der Waals surface area contributed by atoms with Crippen molar-refractivity contribution in [3.63, 3.8) is 0 Å². The van der Waals surface area contributed by atoms with Crippen LogP contribution >= 0.6 is 0 Å². The van der Waals surface area contributed by atoms with Gasteiger partial charge < -0.3 is 21.1 Å². The molecule has 42 heavy (non-hydrogen) atoms. The molecule has 0 aromatic heterocycles. The predicted molar refractivity (Wildman–Crippen MR) is 156 cm³/mol. The van der Waals surface area contributed by atoms with Crippen LogP contribution in [0.5, 0.6) is 0 Å². The lowest BCUT2D eigenvalue weighted by molar-refractivity contribution is -0.141. The molecule has 2 saturated carbocycles. The topological polar surface area (TPSA) is 145 Å². The van der Waals surface area contributed by atoms with E-state index in [1.165, 1.54) is 5.01 Å². The lowest BCUT2D eigenvalue weighted by Gasteiger charge is -2.37. The lowest BCUT2D eigenvalue weighted by Crippen LogP contribution is -2.54. The number of hydrazine groups is 1. The number of carbonyl (C=O) groups is 4. The number of hydrogen-bond donors (Lipinski definition) is 4. The number of aliphatic hydroxyl groups is 1. The molecule has 0 radical (unpaired) electrons. The number of primary amides is 1. The van der Waals surface area contributed by atoms with Crippen molar-refractivity contribution in [1.29, 1.82) is 0 Å². The zero-order chi connectivity index (χ0) is 31.6. The molecule has 0 aliphatic heterocycles. The molecule has 2 fully saturated rings. The van der Waals surface area contributed by atoms with E-state index in [1.807, 2.05) is 13.8 Å². The van der Waals surface area contributed by atoms with E-state index in [-0.39, 0.29) is 69.2 Å². The van der Waals surface area contributed by atoms with Crippen LogP contribution in [-0.2, 0) is 19.2 Å². The Labute approximate surface area is 249 Å². The first kappa shape index (κ1) is 35.9. The predicted octanol–water partition coefficient (Wildman–Crippen LogP) is 2.48. The SMILES string of the molecule is CCCN(CCC)C(=O)C1CC(C(N)=O)CC(C(=O)NC(CC2CC(F)CC(F)C2)C(O)CN(C)NC(=O)C(C)C)C1. The maximum absolute atomic E-state index is 14.2. The quantitative estimate of drug-likeness (QED) is 0.212. The molecule has 0 heterocycles. The van der Waals surface area contributed by atoms with Gasteiger partial charge in [0, 0.05) is 56.8 Å². The first-order chi connectivity index (χ1) is 19.7. The highest BCUT2D eigenvalue weighted by Gasteiger charge is 2.41. The van der Waals surface area contributed by atoms with Gasteiger partial charge >= 0.3 is 0 Å². The first-order valence-corrected chi connectivity index (χ1v) is 15.6. The smallest absolute Gasteiger partial charge is 0.236 e. The third kappa shape index (κ3) is 11.1. The summed E-state index contributed by atoms with van der Waals surface area (Å²) in [5, 5.41) is 15.5. The monoisotopic (exact) mass is 601 g/mol. The van der Waals surface area contributed by atoms with E-state index in [9.17, 15) is 33.1 Å². The molecule has 2 aliphatic carbocycles. The van der Waals surface area contributed by atoms with Crippen LogP contribution < -0.4 is 16.5 Å². The summed E-state index contributed by atoms with van der Waals surface area (Å²) in [6, 6.07) is -0.863. The fourth-order valence-electron chi connectivity index (χ4n) is 6.32. The number of amides is 4. The molecule has 7 unspecified atom stereocenters. The highest BCUT2D eigenvalue weighted by molar-refractivity contribution is 5.85. The Bertz CT molecular complexity index is 893. The third-order valence-electron chi connectivity index (χ3n) is 8.48. The number of rotatable bonds is 15. The number of aliphatic hydroxyl groups excluding tert-OH is 1. The molecule has 0 saturated heterocycles. The van der Waals surface area contributed by atoms with Crippen LogP contribution in [0.25, 0.3) is 0 Å². The molecule has 0 aromatic carbocycles. The van der Waals surface area contributed by atoms with Gasteiger partial charge in [-0.3, -0.25) is 24.6 Å². The number of halogens is 2. The van der Waals surface area contributed by atoms with Gasteiger partial charge in [0.2, 0.25) is 23.6 Å².